The summed E-state index contributed by atoms with van der Waals surface area (Å²) in [7, 11) is 0. The fourth-order valence-corrected chi connectivity index (χ4v) is 2.19. The molecule has 0 aromatic rings. The highest BCUT2D eigenvalue weighted by molar-refractivity contribution is 5.82. The fourth-order valence-electron chi connectivity index (χ4n) is 2.19. The number of carbonyl (C=O) groups is 1. The van der Waals surface area contributed by atoms with Crippen molar-refractivity contribution in [1.29, 1.82) is 0 Å². The van der Waals surface area contributed by atoms with E-state index in [1.54, 1.807) is 0 Å². The molecule has 0 aromatic carbocycles. The number of nitrogens with two attached hydrogens (primary N) is 1. The van der Waals surface area contributed by atoms with E-state index in [1.165, 1.54) is 19.3 Å². The topological polar surface area (TPSA) is 55.1 Å². The van der Waals surface area contributed by atoms with Gasteiger partial charge in [-0.05, 0) is 45.4 Å². The van der Waals surface area contributed by atoms with Crippen molar-refractivity contribution in [2.45, 2.75) is 58.9 Å². The van der Waals surface area contributed by atoms with Crippen LogP contribution in [-0.2, 0) is 4.79 Å². The van der Waals surface area contributed by atoms with Gasteiger partial charge in [0.15, 0.2) is 0 Å². The number of amides is 1. The molecule has 1 rings (SSSR count). The predicted molar refractivity (Wildman–Crippen MR) is 67.0 cm³/mol. The van der Waals surface area contributed by atoms with Crippen LogP contribution in [0.5, 0.6) is 0 Å². The zero-order valence-electron chi connectivity index (χ0n) is 10.9. The normalized spacial score (nSPS) is 26.5. The van der Waals surface area contributed by atoms with Crippen molar-refractivity contribution in [1.82, 2.24) is 5.32 Å². The monoisotopic (exact) mass is 226 g/mol. The summed E-state index contributed by atoms with van der Waals surface area (Å²) in [6.07, 6.45) is 6.04. The van der Waals surface area contributed by atoms with E-state index in [0.717, 1.165) is 18.8 Å². The maximum atomic E-state index is 11.9. The van der Waals surface area contributed by atoms with Gasteiger partial charge in [-0.3, -0.25) is 4.79 Å². The first kappa shape index (κ1) is 13.5. The molecule has 0 radical (unpaired) electrons. The Morgan fingerprint density at radius 1 is 1.31 bits per heavy atom. The van der Waals surface area contributed by atoms with E-state index in [0.29, 0.717) is 12.6 Å². The lowest BCUT2D eigenvalue weighted by atomic mass is 9.83. The molecule has 0 heterocycles. The summed E-state index contributed by atoms with van der Waals surface area (Å²) in [6, 6.07) is 0.376. The lowest BCUT2D eigenvalue weighted by Crippen LogP contribution is -2.47. The molecule has 0 atom stereocenters. The third-order valence-corrected chi connectivity index (χ3v) is 3.88. The van der Waals surface area contributed by atoms with Gasteiger partial charge < -0.3 is 11.1 Å². The van der Waals surface area contributed by atoms with Gasteiger partial charge >= 0.3 is 0 Å². The summed E-state index contributed by atoms with van der Waals surface area (Å²) in [5, 5.41) is 3.14. The van der Waals surface area contributed by atoms with Crippen molar-refractivity contribution in [2.75, 3.05) is 6.54 Å². The molecule has 3 nitrogen and oxygen atoms in total. The Morgan fingerprint density at radius 3 is 2.31 bits per heavy atom. The Morgan fingerprint density at radius 2 is 1.88 bits per heavy atom. The number of hydrogen-bond acceptors (Lipinski definition) is 2. The fraction of sp³-hybridized carbons (Fsp3) is 0.923. The van der Waals surface area contributed by atoms with Crippen molar-refractivity contribution < 1.29 is 4.79 Å². The standard InChI is InChI=1S/C13H26N2O/c1-4-10-5-7-11(8-6-10)15-12(16)13(2,3)9-14/h10-11H,4-9,14H2,1-3H3,(H,15,16). The number of hydrogen-bond donors (Lipinski definition) is 2. The molecule has 0 unspecified atom stereocenters. The Kier molecular flexibility index (Phi) is 4.78. The first-order valence-electron chi connectivity index (χ1n) is 6.50. The third-order valence-electron chi connectivity index (χ3n) is 3.88. The molecule has 0 spiro atoms. The predicted octanol–water partition coefficient (Wildman–Crippen LogP) is 2.06. The maximum Gasteiger partial charge on any atom is 0.227 e. The summed E-state index contributed by atoms with van der Waals surface area (Å²) in [4.78, 5) is 11.9. The molecule has 1 amide bonds. The van der Waals surface area contributed by atoms with Gasteiger partial charge in [-0.25, -0.2) is 0 Å². The highest BCUT2D eigenvalue weighted by Gasteiger charge is 2.29. The lowest BCUT2D eigenvalue weighted by Gasteiger charge is -2.31. The number of nitrogens with one attached hydrogen (secondary N) is 1. The molecular formula is C13H26N2O. The molecule has 3 heteroatoms. The van der Waals surface area contributed by atoms with Crippen LogP contribution in [0.3, 0.4) is 0 Å². The van der Waals surface area contributed by atoms with Gasteiger partial charge in [0.1, 0.15) is 0 Å². The number of carbonyl (C=O) groups excluding carboxylic acids is 1. The smallest absolute Gasteiger partial charge is 0.227 e. The van der Waals surface area contributed by atoms with E-state index < -0.39 is 5.41 Å². The molecule has 0 saturated heterocycles. The van der Waals surface area contributed by atoms with Gasteiger partial charge in [-0.1, -0.05) is 13.3 Å². The Balaban J connectivity index is 2.36. The van der Waals surface area contributed by atoms with Crippen LogP contribution in [0.4, 0.5) is 0 Å². The van der Waals surface area contributed by atoms with Gasteiger partial charge in [0.05, 0.1) is 5.41 Å². The molecule has 1 aliphatic rings. The van der Waals surface area contributed by atoms with E-state index in [1.807, 2.05) is 13.8 Å². The second-order valence-electron chi connectivity index (χ2n) is 5.69. The summed E-state index contributed by atoms with van der Waals surface area (Å²) in [5.74, 6) is 0.977. The second-order valence-corrected chi connectivity index (χ2v) is 5.69. The highest BCUT2D eigenvalue weighted by atomic mass is 16.2. The van der Waals surface area contributed by atoms with E-state index in [9.17, 15) is 4.79 Å². The Labute approximate surface area is 99.2 Å². The highest BCUT2D eigenvalue weighted by Crippen LogP contribution is 2.27. The number of rotatable bonds is 4. The zero-order chi connectivity index (χ0) is 12.2. The van der Waals surface area contributed by atoms with Gasteiger partial charge in [0, 0.05) is 12.6 Å². The molecule has 1 fully saturated rings. The minimum atomic E-state index is -0.429. The SMILES string of the molecule is CCC1CCC(NC(=O)C(C)(C)CN)CC1. The maximum absolute atomic E-state index is 11.9. The summed E-state index contributed by atoms with van der Waals surface area (Å²) >= 11 is 0. The van der Waals surface area contributed by atoms with Gasteiger partial charge in [-0.15, -0.1) is 0 Å². The summed E-state index contributed by atoms with van der Waals surface area (Å²) in [5.41, 5.74) is 5.17. The summed E-state index contributed by atoms with van der Waals surface area (Å²) < 4.78 is 0. The van der Waals surface area contributed by atoms with E-state index in [4.69, 9.17) is 5.73 Å². The largest absolute Gasteiger partial charge is 0.353 e. The molecule has 0 bridgehead atoms. The van der Waals surface area contributed by atoms with Crippen LogP contribution >= 0.6 is 0 Å². The molecule has 0 aromatic heterocycles. The zero-order valence-corrected chi connectivity index (χ0v) is 10.9. The Hall–Kier alpha value is -0.570. The van der Waals surface area contributed by atoms with Gasteiger partial charge in [0.25, 0.3) is 0 Å². The minimum Gasteiger partial charge on any atom is -0.353 e. The van der Waals surface area contributed by atoms with Crippen LogP contribution in [0.2, 0.25) is 0 Å². The van der Waals surface area contributed by atoms with Crippen molar-refractivity contribution >= 4 is 5.91 Å². The van der Waals surface area contributed by atoms with Crippen LogP contribution in [0.15, 0.2) is 0 Å². The lowest BCUT2D eigenvalue weighted by molar-refractivity contribution is -0.129. The van der Waals surface area contributed by atoms with Crippen LogP contribution in [0.1, 0.15) is 52.9 Å². The van der Waals surface area contributed by atoms with Crippen LogP contribution < -0.4 is 11.1 Å². The van der Waals surface area contributed by atoms with E-state index in [2.05, 4.69) is 12.2 Å². The Bertz CT molecular complexity index is 230. The van der Waals surface area contributed by atoms with Crippen molar-refractivity contribution in [2.24, 2.45) is 17.1 Å². The third kappa shape index (κ3) is 3.48. The van der Waals surface area contributed by atoms with Crippen molar-refractivity contribution in [3.8, 4) is 0 Å². The average molecular weight is 226 g/mol. The van der Waals surface area contributed by atoms with Crippen LogP contribution in [0.25, 0.3) is 0 Å². The van der Waals surface area contributed by atoms with Crippen molar-refractivity contribution in [3.63, 3.8) is 0 Å². The van der Waals surface area contributed by atoms with Crippen LogP contribution in [-0.4, -0.2) is 18.5 Å². The van der Waals surface area contributed by atoms with Gasteiger partial charge in [0.2, 0.25) is 5.91 Å². The van der Waals surface area contributed by atoms with Gasteiger partial charge in [-0.2, -0.15) is 0 Å². The second kappa shape index (κ2) is 5.67. The quantitative estimate of drug-likeness (QED) is 0.771. The first-order valence-corrected chi connectivity index (χ1v) is 6.50. The van der Waals surface area contributed by atoms with E-state index in [-0.39, 0.29) is 5.91 Å². The molecule has 16 heavy (non-hydrogen) atoms. The minimum absolute atomic E-state index is 0.106. The average Bonchev–Trinajstić information content (AvgIpc) is 2.30. The molecule has 3 N–H and O–H groups in total. The molecule has 94 valence electrons. The van der Waals surface area contributed by atoms with Crippen molar-refractivity contribution in [3.05, 3.63) is 0 Å². The molecule has 1 saturated carbocycles. The molecular weight excluding hydrogens is 200 g/mol. The summed E-state index contributed by atoms with van der Waals surface area (Å²) in [6.45, 7) is 6.46. The molecule has 1 aliphatic carbocycles. The molecule has 0 aliphatic heterocycles. The first-order chi connectivity index (χ1) is 7.49. The van der Waals surface area contributed by atoms with Crippen LogP contribution in [0, 0.1) is 11.3 Å². The van der Waals surface area contributed by atoms with E-state index >= 15 is 0 Å².